The Bertz CT molecular complexity index is 551. The van der Waals surface area contributed by atoms with Crippen molar-refractivity contribution in [3.05, 3.63) is 54.0 Å². The first-order valence-corrected chi connectivity index (χ1v) is 6.32. The van der Waals surface area contributed by atoms with Crippen LogP contribution in [0.5, 0.6) is 5.75 Å². The lowest BCUT2D eigenvalue weighted by Crippen LogP contribution is -2.32. The molecule has 5 heteroatoms. The van der Waals surface area contributed by atoms with Crippen molar-refractivity contribution in [3.63, 3.8) is 0 Å². The predicted molar refractivity (Wildman–Crippen MR) is 73.4 cm³/mol. The summed E-state index contributed by atoms with van der Waals surface area (Å²) in [5.74, 6) is 0.397. The summed E-state index contributed by atoms with van der Waals surface area (Å²) < 4.78 is 10.3. The van der Waals surface area contributed by atoms with Gasteiger partial charge in [-0.15, -0.1) is 0 Å². The summed E-state index contributed by atoms with van der Waals surface area (Å²) in [6.45, 7) is 1.95. The van der Waals surface area contributed by atoms with Crippen molar-refractivity contribution in [2.24, 2.45) is 0 Å². The van der Waals surface area contributed by atoms with Crippen molar-refractivity contribution < 1.29 is 19.1 Å². The van der Waals surface area contributed by atoms with E-state index in [9.17, 15) is 9.90 Å². The molecule has 0 radical (unpaired) electrons. The number of hydrogen-bond donors (Lipinski definition) is 2. The Hall–Kier alpha value is -2.27. The van der Waals surface area contributed by atoms with Gasteiger partial charge in [0.2, 0.25) is 0 Å². The monoisotopic (exact) mass is 275 g/mol. The van der Waals surface area contributed by atoms with Gasteiger partial charge in [0.1, 0.15) is 5.75 Å². The number of para-hydroxylation sites is 1. The Morgan fingerprint density at radius 3 is 2.90 bits per heavy atom. The molecule has 0 fully saturated rings. The van der Waals surface area contributed by atoms with Crippen molar-refractivity contribution in [1.29, 1.82) is 0 Å². The topological polar surface area (TPSA) is 71.7 Å². The maximum absolute atomic E-state index is 11.6. The van der Waals surface area contributed by atoms with E-state index in [-0.39, 0.29) is 19.1 Å². The maximum Gasteiger partial charge on any atom is 0.258 e. The fourth-order valence-electron chi connectivity index (χ4n) is 1.71. The SMILES string of the molecule is Cc1ccccc1OCC(=O)NC[C@H](O)c1ccoc1. The van der Waals surface area contributed by atoms with E-state index in [0.29, 0.717) is 11.3 Å². The molecule has 0 aliphatic heterocycles. The Balaban J connectivity index is 1.75. The second-order valence-electron chi connectivity index (χ2n) is 4.43. The van der Waals surface area contributed by atoms with E-state index in [0.717, 1.165) is 5.56 Å². The highest BCUT2D eigenvalue weighted by Gasteiger charge is 2.11. The molecular formula is C15H17NO4. The number of nitrogens with one attached hydrogen (secondary N) is 1. The van der Waals surface area contributed by atoms with Crippen LogP contribution >= 0.6 is 0 Å². The average molecular weight is 275 g/mol. The molecule has 0 saturated heterocycles. The Morgan fingerprint density at radius 1 is 1.40 bits per heavy atom. The van der Waals surface area contributed by atoms with Gasteiger partial charge < -0.3 is 19.6 Å². The third-order valence-electron chi connectivity index (χ3n) is 2.87. The summed E-state index contributed by atoms with van der Waals surface area (Å²) in [7, 11) is 0. The van der Waals surface area contributed by atoms with Gasteiger partial charge in [0.05, 0.1) is 18.6 Å². The lowest BCUT2D eigenvalue weighted by Gasteiger charge is -2.11. The van der Waals surface area contributed by atoms with E-state index in [1.165, 1.54) is 12.5 Å². The minimum atomic E-state index is -0.781. The molecule has 2 aromatic rings. The van der Waals surface area contributed by atoms with Crippen LogP contribution in [0.4, 0.5) is 0 Å². The molecule has 1 amide bonds. The number of ether oxygens (including phenoxy) is 1. The number of aliphatic hydroxyl groups is 1. The number of amides is 1. The van der Waals surface area contributed by atoms with E-state index >= 15 is 0 Å². The lowest BCUT2D eigenvalue weighted by atomic mass is 10.2. The molecule has 0 spiro atoms. The molecule has 106 valence electrons. The summed E-state index contributed by atoms with van der Waals surface area (Å²) in [5.41, 5.74) is 1.60. The first-order chi connectivity index (χ1) is 9.66. The van der Waals surface area contributed by atoms with Gasteiger partial charge in [-0.3, -0.25) is 4.79 Å². The van der Waals surface area contributed by atoms with Crippen LogP contribution in [0.25, 0.3) is 0 Å². The normalized spacial score (nSPS) is 11.9. The third kappa shape index (κ3) is 3.86. The number of furan rings is 1. The predicted octanol–water partition coefficient (Wildman–Crippen LogP) is 1.82. The number of aryl methyl sites for hydroxylation is 1. The molecule has 1 aromatic heterocycles. The average Bonchev–Trinajstić information content (AvgIpc) is 2.98. The van der Waals surface area contributed by atoms with Gasteiger partial charge in [-0.05, 0) is 24.6 Å². The summed E-state index contributed by atoms with van der Waals surface area (Å²) in [6.07, 6.45) is 2.14. The first kappa shape index (κ1) is 14.1. The van der Waals surface area contributed by atoms with Crippen molar-refractivity contribution >= 4 is 5.91 Å². The molecular weight excluding hydrogens is 258 g/mol. The minimum absolute atomic E-state index is 0.0804. The van der Waals surface area contributed by atoms with E-state index in [4.69, 9.17) is 9.15 Å². The molecule has 1 aromatic carbocycles. The van der Waals surface area contributed by atoms with Crippen LogP contribution in [0.3, 0.4) is 0 Å². The van der Waals surface area contributed by atoms with Gasteiger partial charge in [0, 0.05) is 12.1 Å². The fraction of sp³-hybridized carbons (Fsp3) is 0.267. The molecule has 0 aliphatic rings. The highest BCUT2D eigenvalue weighted by atomic mass is 16.5. The molecule has 2 N–H and O–H groups in total. The molecule has 2 rings (SSSR count). The number of carbonyl (C=O) groups is 1. The zero-order valence-electron chi connectivity index (χ0n) is 11.2. The quantitative estimate of drug-likeness (QED) is 0.843. The minimum Gasteiger partial charge on any atom is -0.484 e. The Labute approximate surface area is 117 Å². The number of hydrogen-bond acceptors (Lipinski definition) is 4. The van der Waals surface area contributed by atoms with Crippen molar-refractivity contribution in [2.45, 2.75) is 13.0 Å². The van der Waals surface area contributed by atoms with Crippen LogP contribution in [0.15, 0.2) is 47.3 Å². The van der Waals surface area contributed by atoms with Crippen molar-refractivity contribution in [1.82, 2.24) is 5.32 Å². The van der Waals surface area contributed by atoms with Gasteiger partial charge >= 0.3 is 0 Å². The highest BCUT2D eigenvalue weighted by Crippen LogP contribution is 2.16. The molecule has 1 heterocycles. The first-order valence-electron chi connectivity index (χ1n) is 6.32. The maximum atomic E-state index is 11.6. The number of benzene rings is 1. The molecule has 20 heavy (non-hydrogen) atoms. The summed E-state index contributed by atoms with van der Waals surface area (Å²) in [4.78, 5) is 11.6. The molecule has 0 bridgehead atoms. The second-order valence-corrected chi connectivity index (χ2v) is 4.43. The van der Waals surface area contributed by atoms with Gasteiger partial charge in [0.25, 0.3) is 5.91 Å². The van der Waals surface area contributed by atoms with Gasteiger partial charge in [-0.2, -0.15) is 0 Å². The van der Waals surface area contributed by atoms with Crippen molar-refractivity contribution in [2.75, 3.05) is 13.2 Å². The smallest absolute Gasteiger partial charge is 0.258 e. The summed E-state index contributed by atoms with van der Waals surface area (Å²) in [5, 5.41) is 12.4. The molecule has 0 unspecified atom stereocenters. The van der Waals surface area contributed by atoms with E-state index in [1.54, 1.807) is 6.07 Å². The fourth-order valence-corrected chi connectivity index (χ4v) is 1.71. The lowest BCUT2D eigenvalue weighted by molar-refractivity contribution is -0.123. The van der Waals surface area contributed by atoms with Gasteiger partial charge in [0.15, 0.2) is 6.61 Å². The van der Waals surface area contributed by atoms with Crippen LogP contribution in [0.1, 0.15) is 17.2 Å². The Kier molecular flexibility index (Phi) is 4.79. The van der Waals surface area contributed by atoms with Gasteiger partial charge in [-0.1, -0.05) is 18.2 Å². The third-order valence-corrected chi connectivity index (χ3v) is 2.87. The van der Waals surface area contributed by atoms with Crippen LogP contribution in [-0.4, -0.2) is 24.2 Å². The van der Waals surface area contributed by atoms with Gasteiger partial charge in [-0.25, -0.2) is 0 Å². The van der Waals surface area contributed by atoms with E-state index in [2.05, 4.69) is 5.32 Å². The molecule has 0 saturated carbocycles. The zero-order valence-corrected chi connectivity index (χ0v) is 11.2. The number of aliphatic hydroxyl groups excluding tert-OH is 1. The summed E-state index contributed by atoms with van der Waals surface area (Å²) >= 11 is 0. The number of rotatable bonds is 6. The number of carbonyl (C=O) groups excluding carboxylic acids is 1. The highest BCUT2D eigenvalue weighted by molar-refractivity contribution is 5.77. The van der Waals surface area contributed by atoms with Crippen molar-refractivity contribution in [3.8, 4) is 5.75 Å². The van der Waals surface area contributed by atoms with E-state index in [1.807, 2.05) is 31.2 Å². The Morgan fingerprint density at radius 2 is 2.20 bits per heavy atom. The van der Waals surface area contributed by atoms with Crippen LogP contribution in [0, 0.1) is 6.92 Å². The largest absolute Gasteiger partial charge is 0.484 e. The summed E-state index contributed by atoms with van der Waals surface area (Å²) in [6, 6.07) is 9.13. The molecule has 5 nitrogen and oxygen atoms in total. The molecule has 0 aliphatic carbocycles. The zero-order chi connectivity index (χ0) is 14.4. The van der Waals surface area contributed by atoms with Crippen LogP contribution in [-0.2, 0) is 4.79 Å². The standard InChI is InChI=1S/C15H17NO4/c1-11-4-2-3-5-14(11)20-10-15(18)16-8-13(17)12-6-7-19-9-12/h2-7,9,13,17H,8,10H2,1H3,(H,16,18)/t13-/m0/s1. The molecule has 1 atom stereocenters. The second kappa shape index (κ2) is 6.77. The van der Waals surface area contributed by atoms with Crippen LogP contribution < -0.4 is 10.1 Å². The van der Waals surface area contributed by atoms with E-state index < -0.39 is 6.10 Å². The van der Waals surface area contributed by atoms with Crippen LogP contribution in [0.2, 0.25) is 0 Å².